The van der Waals surface area contributed by atoms with E-state index < -0.39 is 21.5 Å². The highest BCUT2D eigenvalue weighted by Crippen LogP contribution is 2.25. The van der Waals surface area contributed by atoms with E-state index in [-0.39, 0.29) is 5.75 Å². The van der Waals surface area contributed by atoms with E-state index in [1.807, 2.05) is 36.6 Å². The first-order valence-corrected chi connectivity index (χ1v) is 11.6. The standard InChI is InChI=1S/C19H17BrN2O3S2/c1-13-2-6-15(7-3-13)17-10-26-19(21-17)22-18(23)12-27(24,25)11-14-4-8-16(20)9-5-14/h2-10H,11-12H2,1H3,(H,21,22,23). The van der Waals surface area contributed by atoms with E-state index in [4.69, 9.17) is 0 Å². The Bertz CT molecular complexity index is 1040. The number of amides is 1. The molecule has 5 nitrogen and oxygen atoms in total. The van der Waals surface area contributed by atoms with Gasteiger partial charge in [0.15, 0.2) is 15.0 Å². The van der Waals surface area contributed by atoms with Gasteiger partial charge in [0.2, 0.25) is 5.91 Å². The number of benzene rings is 2. The van der Waals surface area contributed by atoms with Crippen LogP contribution in [0.4, 0.5) is 5.13 Å². The number of nitrogens with one attached hydrogen (secondary N) is 1. The zero-order valence-corrected chi connectivity index (χ0v) is 17.7. The Labute approximate surface area is 170 Å². The van der Waals surface area contributed by atoms with Crippen molar-refractivity contribution in [1.29, 1.82) is 0 Å². The first-order valence-electron chi connectivity index (χ1n) is 8.08. The second-order valence-electron chi connectivity index (χ2n) is 6.11. The van der Waals surface area contributed by atoms with Crippen molar-refractivity contribution in [2.24, 2.45) is 0 Å². The molecule has 2 aromatic carbocycles. The minimum absolute atomic E-state index is 0.180. The first-order chi connectivity index (χ1) is 12.8. The predicted molar refractivity (Wildman–Crippen MR) is 113 cm³/mol. The number of aryl methyl sites for hydroxylation is 1. The maximum absolute atomic E-state index is 12.3. The van der Waals surface area contributed by atoms with E-state index in [0.717, 1.165) is 21.3 Å². The van der Waals surface area contributed by atoms with Gasteiger partial charge >= 0.3 is 0 Å². The van der Waals surface area contributed by atoms with Crippen molar-refractivity contribution in [3.05, 3.63) is 69.5 Å². The summed E-state index contributed by atoms with van der Waals surface area (Å²) in [6, 6.07) is 14.9. The number of thiazole rings is 1. The number of carbonyl (C=O) groups is 1. The number of aromatic nitrogens is 1. The quantitative estimate of drug-likeness (QED) is 0.584. The van der Waals surface area contributed by atoms with Crippen LogP contribution in [0.2, 0.25) is 0 Å². The van der Waals surface area contributed by atoms with E-state index in [2.05, 4.69) is 26.2 Å². The number of hydrogen-bond acceptors (Lipinski definition) is 5. The molecule has 0 saturated heterocycles. The number of anilines is 1. The number of hydrogen-bond donors (Lipinski definition) is 1. The van der Waals surface area contributed by atoms with Crippen LogP contribution < -0.4 is 5.32 Å². The van der Waals surface area contributed by atoms with Crippen molar-refractivity contribution in [1.82, 2.24) is 4.98 Å². The molecular formula is C19H17BrN2O3S2. The minimum atomic E-state index is -3.57. The number of sulfone groups is 1. The van der Waals surface area contributed by atoms with Crippen molar-refractivity contribution in [2.75, 3.05) is 11.1 Å². The lowest BCUT2D eigenvalue weighted by Gasteiger charge is -2.05. The summed E-state index contributed by atoms with van der Waals surface area (Å²) in [5.74, 6) is -1.35. The number of nitrogens with zero attached hydrogens (tertiary/aromatic N) is 1. The fourth-order valence-electron chi connectivity index (χ4n) is 2.43. The molecule has 0 unspecified atom stereocenters. The topological polar surface area (TPSA) is 76.1 Å². The third-order valence-electron chi connectivity index (χ3n) is 3.75. The van der Waals surface area contributed by atoms with Crippen molar-refractivity contribution >= 4 is 48.1 Å². The Morgan fingerprint density at radius 3 is 2.44 bits per heavy atom. The van der Waals surface area contributed by atoms with Gasteiger partial charge < -0.3 is 5.32 Å². The van der Waals surface area contributed by atoms with Gasteiger partial charge in [-0.25, -0.2) is 13.4 Å². The van der Waals surface area contributed by atoms with E-state index >= 15 is 0 Å². The third-order valence-corrected chi connectivity index (χ3v) is 6.51. The highest BCUT2D eigenvalue weighted by Gasteiger charge is 2.18. The summed E-state index contributed by atoms with van der Waals surface area (Å²) in [4.78, 5) is 16.5. The molecule has 3 rings (SSSR count). The average molecular weight is 465 g/mol. The number of carbonyl (C=O) groups excluding carboxylic acids is 1. The molecule has 3 aromatic rings. The molecule has 0 bridgehead atoms. The van der Waals surface area contributed by atoms with Gasteiger partial charge in [-0.05, 0) is 24.6 Å². The van der Waals surface area contributed by atoms with Gasteiger partial charge in [0.25, 0.3) is 0 Å². The molecule has 1 N–H and O–H groups in total. The Kier molecular flexibility index (Phi) is 6.08. The summed E-state index contributed by atoms with van der Waals surface area (Å²) in [5.41, 5.74) is 3.48. The molecule has 0 fully saturated rings. The van der Waals surface area contributed by atoms with Gasteiger partial charge in [-0.2, -0.15) is 0 Å². The molecule has 0 aliphatic carbocycles. The summed E-state index contributed by atoms with van der Waals surface area (Å²) < 4.78 is 25.4. The Morgan fingerprint density at radius 1 is 1.11 bits per heavy atom. The van der Waals surface area contributed by atoms with Crippen molar-refractivity contribution in [2.45, 2.75) is 12.7 Å². The molecule has 0 spiro atoms. The minimum Gasteiger partial charge on any atom is -0.301 e. The normalized spacial score (nSPS) is 11.3. The molecule has 0 radical (unpaired) electrons. The van der Waals surface area contributed by atoms with Crippen molar-refractivity contribution < 1.29 is 13.2 Å². The molecule has 1 aromatic heterocycles. The van der Waals surface area contributed by atoms with Crippen LogP contribution in [0, 0.1) is 6.92 Å². The average Bonchev–Trinajstić information content (AvgIpc) is 3.05. The van der Waals surface area contributed by atoms with Crippen LogP contribution >= 0.6 is 27.3 Å². The second kappa shape index (κ2) is 8.33. The van der Waals surface area contributed by atoms with Crippen LogP contribution in [0.25, 0.3) is 11.3 Å². The SMILES string of the molecule is Cc1ccc(-c2csc(NC(=O)CS(=O)(=O)Cc3ccc(Br)cc3)n2)cc1. The van der Waals surface area contributed by atoms with E-state index in [9.17, 15) is 13.2 Å². The van der Waals surface area contributed by atoms with Crippen LogP contribution in [-0.2, 0) is 20.4 Å². The van der Waals surface area contributed by atoms with Gasteiger partial charge in [0, 0.05) is 15.4 Å². The third kappa shape index (κ3) is 5.72. The Morgan fingerprint density at radius 2 is 1.78 bits per heavy atom. The highest BCUT2D eigenvalue weighted by atomic mass is 79.9. The van der Waals surface area contributed by atoms with Crippen LogP contribution in [0.5, 0.6) is 0 Å². The maximum atomic E-state index is 12.3. The zero-order chi connectivity index (χ0) is 19.4. The van der Waals surface area contributed by atoms with Gasteiger partial charge in [0.1, 0.15) is 5.75 Å². The lowest BCUT2D eigenvalue weighted by molar-refractivity contribution is -0.113. The zero-order valence-electron chi connectivity index (χ0n) is 14.5. The fourth-order valence-corrected chi connectivity index (χ4v) is 4.70. The van der Waals surface area contributed by atoms with E-state index in [1.54, 1.807) is 24.3 Å². The van der Waals surface area contributed by atoms with Gasteiger partial charge in [-0.1, -0.05) is 57.9 Å². The van der Waals surface area contributed by atoms with Crippen LogP contribution in [-0.4, -0.2) is 25.1 Å². The largest absolute Gasteiger partial charge is 0.301 e. The molecule has 0 aliphatic heterocycles. The Balaban J connectivity index is 1.62. The van der Waals surface area contributed by atoms with Crippen LogP contribution in [0.3, 0.4) is 0 Å². The summed E-state index contributed by atoms with van der Waals surface area (Å²) in [7, 11) is -3.57. The molecule has 8 heteroatoms. The van der Waals surface area contributed by atoms with Crippen molar-refractivity contribution in [3.8, 4) is 11.3 Å². The smallest absolute Gasteiger partial charge is 0.241 e. The van der Waals surface area contributed by atoms with Crippen LogP contribution in [0.1, 0.15) is 11.1 Å². The molecular weight excluding hydrogens is 448 g/mol. The van der Waals surface area contributed by atoms with Gasteiger partial charge in [-0.3, -0.25) is 4.79 Å². The lowest BCUT2D eigenvalue weighted by Crippen LogP contribution is -2.23. The fraction of sp³-hybridized carbons (Fsp3) is 0.158. The summed E-state index contributed by atoms with van der Waals surface area (Å²) >= 11 is 4.57. The monoisotopic (exact) mass is 464 g/mol. The summed E-state index contributed by atoms with van der Waals surface area (Å²) in [6.07, 6.45) is 0. The maximum Gasteiger partial charge on any atom is 0.241 e. The Hall–Kier alpha value is -2.03. The first kappa shape index (κ1) is 19.7. The molecule has 1 heterocycles. The molecule has 140 valence electrons. The molecule has 1 amide bonds. The van der Waals surface area contributed by atoms with Gasteiger partial charge in [0.05, 0.1) is 11.4 Å². The van der Waals surface area contributed by atoms with Gasteiger partial charge in [-0.15, -0.1) is 11.3 Å². The predicted octanol–water partition coefficient (Wildman–Crippen LogP) is 4.43. The number of rotatable bonds is 6. The molecule has 0 aliphatic rings. The van der Waals surface area contributed by atoms with Crippen LogP contribution in [0.15, 0.2) is 58.4 Å². The number of halogens is 1. The molecule has 27 heavy (non-hydrogen) atoms. The van der Waals surface area contributed by atoms with E-state index in [0.29, 0.717) is 10.7 Å². The highest BCUT2D eigenvalue weighted by molar-refractivity contribution is 9.10. The molecule has 0 atom stereocenters. The summed E-state index contributed by atoms with van der Waals surface area (Å²) in [6.45, 7) is 2.01. The van der Waals surface area contributed by atoms with Crippen molar-refractivity contribution in [3.63, 3.8) is 0 Å². The van der Waals surface area contributed by atoms with E-state index in [1.165, 1.54) is 11.3 Å². The summed E-state index contributed by atoms with van der Waals surface area (Å²) in [5, 5.41) is 4.79. The molecule has 0 saturated carbocycles. The second-order valence-corrected chi connectivity index (χ2v) is 9.95. The lowest BCUT2D eigenvalue weighted by atomic mass is 10.1.